The fraction of sp³-hybridized carbons (Fsp3) is 0.462. The summed E-state index contributed by atoms with van der Waals surface area (Å²) in [5.74, 6) is 0. The number of piperidine rings is 1. The lowest BCUT2D eigenvalue weighted by Gasteiger charge is -2.28. The van der Waals surface area contributed by atoms with E-state index in [2.05, 4.69) is 9.30 Å². The van der Waals surface area contributed by atoms with E-state index in [1.807, 2.05) is 6.26 Å². The first-order valence-corrected chi connectivity index (χ1v) is 8.99. The SMILES string of the molecule is CSC(=NS(=O)(=O)c1ccccc1)N1CCCCC1. The molecule has 1 fully saturated rings. The van der Waals surface area contributed by atoms with Crippen LogP contribution >= 0.6 is 11.8 Å². The Hall–Kier alpha value is -1.01. The lowest BCUT2D eigenvalue weighted by Crippen LogP contribution is -2.34. The highest BCUT2D eigenvalue weighted by Gasteiger charge is 2.19. The van der Waals surface area contributed by atoms with Crippen LogP contribution < -0.4 is 0 Å². The molecule has 1 saturated heterocycles. The van der Waals surface area contributed by atoms with Crippen LogP contribution in [0.4, 0.5) is 0 Å². The first-order valence-electron chi connectivity index (χ1n) is 6.32. The molecule has 2 rings (SSSR count). The van der Waals surface area contributed by atoms with Gasteiger partial charge in [-0.3, -0.25) is 0 Å². The highest BCUT2D eigenvalue weighted by Crippen LogP contribution is 2.18. The van der Waals surface area contributed by atoms with Gasteiger partial charge in [-0.25, -0.2) is 0 Å². The maximum Gasteiger partial charge on any atom is 0.284 e. The summed E-state index contributed by atoms with van der Waals surface area (Å²) in [4.78, 5) is 2.31. The molecule has 19 heavy (non-hydrogen) atoms. The molecule has 0 atom stereocenters. The molecule has 1 aliphatic heterocycles. The average Bonchev–Trinajstić information content (AvgIpc) is 2.47. The molecule has 0 radical (unpaired) electrons. The van der Waals surface area contributed by atoms with Crippen molar-refractivity contribution in [3.05, 3.63) is 30.3 Å². The monoisotopic (exact) mass is 298 g/mol. The van der Waals surface area contributed by atoms with Crippen LogP contribution in [-0.2, 0) is 10.0 Å². The van der Waals surface area contributed by atoms with Gasteiger partial charge in [-0.2, -0.15) is 8.42 Å². The first kappa shape index (κ1) is 14.4. The molecule has 1 aromatic carbocycles. The number of nitrogens with zero attached hydrogens (tertiary/aromatic N) is 2. The van der Waals surface area contributed by atoms with Gasteiger partial charge in [-0.05, 0) is 37.7 Å². The summed E-state index contributed by atoms with van der Waals surface area (Å²) in [6, 6.07) is 8.37. The minimum absolute atomic E-state index is 0.249. The number of amidine groups is 1. The summed E-state index contributed by atoms with van der Waals surface area (Å²) >= 11 is 1.39. The second-order valence-corrected chi connectivity index (χ2v) is 6.79. The number of hydrogen-bond acceptors (Lipinski definition) is 3. The topological polar surface area (TPSA) is 49.7 Å². The van der Waals surface area contributed by atoms with Gasteiger partial charge in [0, 0.05) is 13.1 Å². The van der Waals surface area contributed by atoms with Gasteiger partial charge in [0.15, 0.2) is 5.17 Å². The van der Waals surface area contributed by atoms with E-state index in [4.69, 9.17) is 0 Å². The molecule has 104 valence electrons. The fourth-order valence-electron chi connectivity index (χ4n) is 2.06. The minimum atomic E-state index is -3.60. The van der Waals surface area contributed by atoms with Crippen LogP contribution in [0.15, 0.2) is 39.6 Å². The summed E-state index contributed by atoms with van der Waals surface area (Å²) in [5.41, 5.74) is 0. The van der Waals surface area contributed by atoms with Crippen molar-refractivity contribution in [2.75, 3.05) is 19.3 Å². The van der Waals surface area contributed by atoms with E-state index in [0.29, 0.717) is 5.17 Å². The van der Waals surface area contributed by atoms with Crippen LogP contribution in [0, 0.1) is 0 Å². The zero-order chi connectivity index (χ0) is 13.7. The van der Waals surface area contributed by atoms with Crippen LogP contribution in [-0.4, -0.2) is 37.8 Å². The molecule has 1 aromatic rings. The summed E-state index contributed by atoms with van der Waals surface area (Å²) < 4.78 is 28.4. The summed E-state index contributed by atoms with van der Waals surface area (Å²) in [5, 5.41) is 0.601. The highest BCUT2D eigenvalue weighted by atomic mass is 32.2. The van der Waals surface area contributed by atoms with Crippen LogP contribution in [0.1, 0.15) is 19.3 Å². The zero-order valence-corrected chi connectivity index (χ0v) is 12.6. The van der Waals surface area contributed by atoms with Crippen LogP contribution in [0.25, 0.3) is 0 Å². The molecule has 0 saturated carbocycles. The van der Waals surface area contributed by atoms with Gasteiger partial charge >= 0.3 is 0 Å². The van der Waals surface area contributed by atoms with Crippen LogP contribution in [0.5, 0.6) is 0 Å². The molecule has 0 unspecified atom stereocenters. The Bertz CT molecular complexity index is 535. The molecule has 0 bridgehead atoms. The molecule has 0 aliphatic carbocycles. The van der Waals surface area contributed by atoms with Crippen molar-refractivity contribution in [3.63, 3.8) is 0 Å². The van der Waals surface area contributed by atoms with Gasteiger partial charge in [0.1, 0.15) is 0 Å². The molecular weight excluding hydrogens is 280 g/mol. The van der Waals surface area contributed by atoms with E-state index in [9.17, 15) is 8.42 Å². The van der Waals surface area contributed by atoms with Crippen LogP contribution in [0.3, 0.4) is 0 Å². The zero-order valence-electron chi connectivity index (χ0n) is 10.9. The van der Waals surface area contributed by atoms with Crippen molar-refractivity contribution in [1.82, 2.24) is 4.90 Å². The van der Waals surface area contributed by atoms with Crippen molar-refractivity contribution in [3.8, 4) is 0 Å². The molecular formula is C13H18N2O2S2. The lowest BCUT2D eigenvalue weighted by molar-refractivity contribution is 0.348. The van der Waals surface area contributed by atoms with Gasteiger partial charge in [-0.15, -0.1) is 4.40 Å². The van der Waals surface area contributed by atoms with E-state index in [-0.39, 0.29) is 4.90 Å². The quantitative estimate of drug-likeness (QED) is 0.622. The number of benzene rings is 1. The largest absolute Gasteiger partial charge is 0.351 e. The maximum absolute atomic E-state index is 12.2. The number of rotatable bonds is 2. The van der Waals surface area contributed by atoms with Gasteiger partial charge in [-0.1, -0.05) is 30.0 Å². The van der Waals surface area contributed by atoms with Gasteiger partial charge in [0.05, 0.1) is 4.90 Å². The predicted octanol–water partition coefficient (Wildman–Crippen LogP) is 2.58. The maximum atomic E-state index is 12.2. The Labute approximate surface area is 119 Å². The van der Waals surface area contributed by atoms with E-state index in [1.165, 1.54) is 18.2 Å². The van der Waals surface area contributed by atoms with Gasteiger partial charge in [0.2, 0.25) is 0 Å². The standard InChI is InChI=1S/C13H18N2O2S2/c1-18-13(15-10-6-3-7-11-15)14-19(16,17)12-8-4-2-5-9-12/h2,4-5,8-9H,3,6-7,10-11H2,1H3. The smallest absolute Gasteiger partial charge is 0.284 e. The van der Waals surface area contributed by atoms with Gasteiger partial charge < -0.3 is 4.90 Å². The first-order chi connectivity index (χ1) is 9.13. The number of thioether (sulfide) groups is 1. The third-order valence-corrected chi connectivity index (χ3v) is 5.16. The lowest BCUT2D eigenvalue weighted by atomic mass is 10.1. The van der Waals surface area contributed by atoms with Crippen molar-refractivity contribution < 1.29 is 8.42 Å². The normalized spacial score (nSPS) is 17.5. The molecule has 6 heteroatoms. The number of sulfonamides is 1. The molecule has 1 heterocycles. The highest BCUT2D eigenvalue weighted by molar-refractivity contribution is 8.13. The number of hydrogen-bond donors (Lipinski definition) is 0. The Kier molecular flexibility index (Phi) is 4.87. The van der Waals surface area contributed by atoms with Gasteiger partial charge in [0.25, 0.3) is 10.0 Å². The molecule has 1 aliphatic rings. The van der Waals surface area contributed by atoms with E-state index >= 15 is 0 Å². The van der Waals surface area contributed by atoms with Crippen LogP contribution in [0.2, 0.25) is 0 Å². The molecule has 0 aromatic heterocycles. The second-order valence-electron chi connectivity index (χ2n) is 4.41. The molecule has 0 spiro atoms. The predicted molar refractivity (Wildman–Crippen MR) is 80.0 cm³/mol. The van der Waals surface area contributed by atoms with E-state index in [0.717, 1.165) is 25.9 Å². The van der Waals surface area contributed by atoms with E-state index in [1.54, 1.807) is 30.3 Å². The Balaban J connectivity index is 2.26. The third-order valence-electron chi connectivity index (χ3n) is 3.05. The Morgan fingerprint density at radius 3 is 2.37 bits per heavy atom. The summed E-state index contributed by atoms with van der Waals surface area (Å²) in [6.07, 6.45) is 5.29. The van der Waals surface area contributed by atoms with Crippen molar-refractivity contribution in [2.24, 2.45) is 4.40 Å². The molecule has 4 nitrogen and oxygen atoms in total. The van der Waals surface area contributed by atoms with Crippen molar-refractivity contribution >= 4 is 27.0 Å². The summed E-state index contributed by atoms with van der Waals surface area (Å²) in [7, 11) is -3.60. The van der Waals surface area contributed by atoms with E-state index < -0.39 is 10.0 Å². The van der Waals surface area contributed by atoms with Crippen molar-refractivity contribution in [1.29, 1.82) is 0 Å². The third kappa shape index (κ3) is 3.73. The molecule has 0 N–H and O–H groups in total. The van der Waals surface area contributed by atoms with Crippen molar-refractivity contribution in [2.45, 2.75) is 24.2 Å². The summed E-state index contributed by atoms with van der Waals surface area (Å²) in [6.45, 7) is 1.79. The molecule has 0 amide bonds. The Morgan fingerprint density at radius 2 is 1.79 bits per heavy atom. The Morgan fingerprint density at radius 1 is 1.16 bits per heavy atom. The second kappa shape index (κ2) is 6.43. The average molecular weight is 298 g/mol. The fourth-order valence-corrected chi connectivity index (χ4v) is 4.02. The number of likely N-dealkylation sites (tertiary alicyclic amines) is 1. The minimum Gasteiger partial charge on any atom is -0.351 e.